The normalized spacial score (nSPS) is 11.6. The number of hydrogen-bond acceptors (Lipinski definition) is 2. The summed E-state index contributed by atoms with van der Waals surface area (Å²) >= 11 is 0. The summed E-state index contributed by atoms with van der Waals surface area (Å²) < 4.78 is 11.9. The number of nitriles is 1. The summed E-state index contributed by atoms with van der Waals surface area (Å²) in [5.41, 5.74) is 18.9. The molecule has 0 aliphatic heterocycles. The van der Waals surface area contributed by atoms with Crippen molar-refractivity contribution in [2.24, 2.45) is 0 Å². The minimum atomic E-state index is 0.462. The Kier molecular flexibility index (Phi) is 9.23. The molecule has 0 aliphatic rings. The Labute approximate surface area is 409 Å². The quantitative estimate of drug-likeness (QED) is 0.160. The molecule has 4 heteroatoms. The van der Waals surface area contributed by atoms with Crippen LogP contribution >= 0.6 is 0 Å². The molecule has 4 nitrogen and oxygen atoms in total. The molecule has 11 aromatic carbocycles. The number of aromatic nitrogens is 2. The summed E-state index contributed by atoms with van der Waals surface area (Å²) in [6, 6.07) is 91.2. The van der Waals surface area contributed by atoms with Crippen LogP contribution in [0.25, 0.3) is 133 Å². The molecule has 0 N–H and O–H groups in total. The fourth-order valence-corrected chi connectivity index (χ4v) is 11.1. The Morgan fingerprint density at radius 2 is 0.690 bits per heavy atom. The molecule has 3 aromatic heterocycles. The summed E-state index contributed by atoms with van der Waals surface area (Å²) in [5.74, 6) is 0. The van der Waals surface area contributed by atoms with Gasteiger partial charge >= 0.3 is 0 Å². The van der Waals surface area contributed by atoms with E-state index in [9.17, 15) is 5.26 Å². The lowest BCUT2D eigenvalue weighted by molar-refractivity contribution is 0.668. The maximum Gasteiger partial charge on any atom is 0.155 e. The van der Waals surface area contributed by atoms with Gasteiger partial charge in [-0.1, -0.05) is 194 Å². The van der Waals surface area contributed by atoms with E-state index in [1.54, 1.807) is 0 Å². The van der Waals surface area contributed by atoms with Crippen molar-refractivity contribution in [2.75, 3.05) is 0 Å². The maximum atomic E-state index is 11.3. The van der Waals surface area contributed by atoms with E-state index in [-0.39, 0.29) is 0 Å². The van der Waals surface area contributed by atoms with Crippen LogP contribution in [-0.4, -0.2) is 9.13 Å². The van der Waals surface area contributed by atoms with Crippen LogP contribution < -0.4 is 0 Å². The molecular weight excluding hydrogens is 863 g/mol. The number of rotatable bonds is 7. The molecule has 330 valence electrons. The first-order chi connectivity index (χ1) is 35.2. The largest absolute Gasteiger partial charge is 0.454 e. The zero-order chi connectivity index (χ0) is 47.0. The summed E-state index contributed by atoms with van der Waals surface area (Å²) in [6.45, 7) is 0. The van der Waals surface area contributed by atoms with Crippen LogP contribution in [0, 0.1) is 11.3 Å². The standard InChI is InChI=1S/C67H41N3O/c68-42-52-41-63(69-59-33-29-48(43-17-6-1-7-18-43)37-55(59)56-38-49(30-34-60(56)69)44-19-8-2-9-20-44)65(64-54-28-16-27-53(67(54)71-66(52)64)47-25-14-5-15-26-47)70-61-35-31-50(45-21-10-3-11-22-45)39-57(61)58-40-51(32-36-62(58)70)46-23-12-4-13-24-46/h1-41H. The first kappa shape index (κ1) is 40.4. The lowest BCUT2D eigenvalue weighted by Crippen LogP contribution is -2.05. The number of furan rings is 1. The van der Waals surface area contributed by atoms with Crippen LogP contribution in [0.2, 0.25) is 0 Å². The van der Waals surface area contributed by atoms with Gasteiger partial charge in [0.2, 0.25) is 0 Å². The van der Waals surface area contributed by atoms with Gasteiger partial charge in [0.1, 0.15) is 11.7 Å². The highest BCUT2D eigenvalue weighted by molar-refractivity contribution is 6.20. The predicted molar refractivity (Wildman–Crippen MR) is 294 cm³/mol. The Morgan fingerprint density at radius 1 is 0.310 bits per heavy atom. The van der Waals surface area contributed by atoms with Gasteiger partial charge in [0, 0.05) is 32.5 Å². The first-order valence-corrected chi connectivity index (χ1v) is 24.1. The molecule has 0 atom stereocenters. The van der Waals surface area contributed by atoms with Gasteiger partial charge in [-0.3, -0.25) is 0 Å². The molecule has 14 rings (SSSR count). The van der Waals surface area contributed by atoms with Gasteiger partial charge in [-0.15, -0.1) is 0 Å². The average Bonchev–Trinajstić information content (AvgIpc) is 4.11. The fourth-order valence-electron chi connectivity index (χ4n) is 11.1. The van der Waals surface area contributed by atoms with Crippen molar-refractivity contribution in [3.8, 4) is 73.1 Å². The monoisotopic (exact) mass is 903 g/mol. The lowest BCUT2D eigenvalue weighted by atomic mass is 10.00. The Balaban J connectivity index is 1.16. The number of hydrogen-bond donors (Lipinski definition) is 0. The van der Waals surface area contributed by atoms with Crippen molar-refractivity contribution in [1.82, 2.24) is 9.13 Å². The van der Waals surface area contributed by atoms with Crippen LogP contribution in [-0.2, 0) is 0 Å². The van der Waals surface area contributed by atoms with Gasteiger partial charge in [0.15, 0.2) is 5.58 Å². The number of nitrogens with zero attached hydrogens (tertiary/aromatic N) is 3. The second-order valence-electron chi connectivity index (χ2n) is 18.3. The van der Waals surface area contributed by atoms with E-state index < -0.39 is 0 Å². The molecule has 0 unspecified atom stereocenters. The van der Waals surface area contributed by atoms with Crippen molar-refractivity contribution >= 4 is 65.6 Å². The third kappa shape index (κ3) is 6.45. The van der Waals surface area contributed by atoms with Crippen molar-refractivity contribution in [3.05, 3.63) is 254 Å². The minimum absolute atomic E-state index is 0.462. The highest BCUT2D eigenvalue weighted by Gasteiger charge is 2.28. The van der Waals surface area contributed by atoms with Gasteiger partial charge in [0.05, 0.1) is 44.4 Å². The van der Waals surface area contributed by atoms with E-state index in [0.717, 1.165) is 127 Å². The minimum Gasteiger partial charge on any atom is -0.454 e. The van der Waals surface area contributed by atoms with Crippen molar-refractivity contribution < 1.29 is 4.42 Å². The lowest BCUT2D eigenvalue weighted by Gasteiger charge is -2.19. The summed E-state index contributed by atoms with van der Waals surface area (Å²) in [7, 11) is 0. The average molecular weight is 904 g/mol. The SMILES string of the molecule is N#Cc1cc(-n2c3ccc(-c4ccccc4)cc3c3cc(-c4ccccc4)ccc32)c(-n2c3ccc(-c4ccccc4)cc3c3cc(-c4ccccc4)ccc32)c2c1oc1c(-c3ccccc3)cccc12. The molecule has 0 radical (unpaired) electrons. The second kappa shape index (κ2) is 16.2. The second-order valence-corrected chi connectivity index (χ2v) is 18.3. The zero-order valence-electron chi connectivity index (χ0n) is 38.4. The highest BCUT2D eigenvalue weighted by atomic mass is 16.3. The van der Waals surface area contributed by atoms with E-state index in [0.29, 0.717) is 11.1 Å². The number of para-hydroxylation sites is 1. The zero-order valence-corrected chi connectivity index (χ0v) is 38.4. The number of fused-ring (bicyclic) bond motifs is 9. The molecule has 0 spiro atoms. The molecule has 0 saturated heterocycles. The molecule has 0 bridgehead atoms. The first-order valence-electron chi connectivity index (χ1n) is 24.1. The van der Waals surface area contributed by atoms with E-state index in [1.165, 1.54) is 0 Å². The van der Waals surface area contributed by atoms with Crippen molar-refractivity contribution in [2.45, 2.75) is 0 Å². The summed E-state index contributed by atoms with van der Waals surface area (Å²) in [5, 5.41) is 17.6. The van der Waals surface area contributed by atoms with Gasteiger partial charge < -0.3 is 13.6 Å². The third-order valence-electron chi connectivity index (χ3n) is 14.3. The Hall–Kier alpha value is -9.69. The molecule has 0 fully saturated rings. The van der Waals surface area contributed by atoms with Gasteiger partial charge in [0.25, 0.3) is 0 Å². The van der Waals surface area contributed by atoms with Crippen LogP contribution in [0.3, 0.4) is 0 Å². The molecule has 0 amide bonds. The molecule has 0 saturated carbocycles. The van der Waals surface area contributed by atoms with E-state index in [2.05, 4.69) is 258 Å². The smallest absolute Gasteiger partial charge is 0.155 e. The Morgan fingerprint density at radius 3 is 1.08 bits per heavy atom. The van der Waals surface area contributed by atoms with Gasteiger partial charge in [-0.25, -0.2) is 0 Å². The molecule has 3 heterocycles. The molecule has 0 aliphatic carbocycles. The Bertz CT molecular complexity index is 4230. The topological polar surface area (TPSA) is 46.8 Å². The van der Waals surface area contributed by atoms with E-state index in [4.69, 9.17) is 4.42 Å². The van der Waals surface area contributed by atoms with Gasteiger partial charge in [-0.05, 0) is 105 Å². The highest BCUT2D eigenvalue weighted by Crippen LogP contribution is 2.48. The van der Waals surface area contributed by atoms with E-state index in [1.807, 2.05) is 6.07 Å². The third-order valence-corrected chi connectivity index (χ3v) is 14.3. The van der Waals surface area contributed by atoms with Crippen LogP contribution in [0.5, 0.6) is 0 Å². The van der Waals surface area contributed by atoms with Crippen molar-refractivity contribution in [1.29, 1.82) is 5.26 Å². The molecule has 14 aromatic rings. The van der Waals surface area contributed by atoms with Crippen LogP contribution in [0.15, 0.2) is 253 Å². The van der Waals surface area contributed by atoms with Crippen LogP contribution in [0.4, 0.5) is 0 Å². The van der Waals surface area contributed by atoms with Crippen molar-refractivity contribution in [3.63, 3.8) is 0 Å². The maximum absolute atomic E-state index is 11.3. The molecular formula is C67H41N3O. The predicted octanol–water partition coefficient (Wildman–Crippen LogP) is 18.0. The molecule has 71 heavy (non-hydrogen) atoms. The van der Waals surface area contributed by atoms with Gasteiger partial charge in [-0.2, -0.15) is 5.26 Å². The summed E-state index contributed by atoms with van der Waals surface area (Å²) in [4.78, 5) is 0. The van der Waals surface area contributed by atoms with E-state index >= 15 is 0 Å². The summed E-state index contributed by atoms with van der Waals surface area (Å²) in [6.07, 6.45) is 0. The number of benzene rings is 11. The van der Waals surface area contributed by atoms with Crippen LogP contribution in [0.1, 0.15) is 5.56 Å². The fraction of sp³-hybridized carbons (Fsp3) is 0.